The first kappa shape index (κ1) is 15.9. The average Bonchev–Trinajstić information content (AvgIpc) is 2.49. The summed E-state index contributed by atoms with van der Waals surface area (Å²) in [4.78, 5) is 12.2. The number of ether oxygens (including phenoxy) is 1. The Bertz CT molecular complexity index is 273. The van der Waals surface area contributed by atoms with Gasteiger partial charge in [-0.05, 0) is 57.3 Å². The van der Waals surface area contributed by atoms with Gasteiger partial charge in [0, 0.05) is 0 Å². The zero-order valence-corrected chi connectivity index (χ0v) is 13.2. The molecule has 0 unspecified atom stereocenters. The van der Waals surface area contributed by atoms with Crippen molar-refractivity contribution in [3.05, 3.63) is 0 Å². The lowest BCUT2D eigenvalue weighted by molar-refractivity contribution is -0.157. The largest absolute Gasteiger partial charge is 0.462 e. The Morgan fingerprint density at radius 2 is 1.65 bits per heavy atom. The minimum atomic E-state index is 0.115. The van der Waals surface area contributed by atoms with E-state index in [0.29, 0.717) is 0 Å². The van der Waals surface area contributed by atoms with Gasteiger partial charge < -0.3 is 4.74 Å². The highest BCUT2D eigenvalue weighted by molar-refractivity contribution is 5.72. The Labute approximate surface area is 124 Å². The van der Waals surface area contributed by atoms with Crippen LogP contribution in [0.25, 0.3) is 0 Å². The number of rotatable bonds is 6. The molecule has 2 heteroatoms. The molecule has 2 saturated carbocycles. The molecule has 0 aromatic carbocycles. The maximum atomic E-state index is 12.2. The Kier molecular flexibility index (Phi) is 6.89. The summed E-state index contributed by atoms with van der Waals surface area (Å²) in [7, 11) is 0. The average molecular weight is 280 g/mol. The molecular weight excluding hydrogens is 248 g/mol. The molecule has 0 amide bonds. The Balaban J connectivity index is 1.63. The zero-order chi connectivity index (χ0) is 14.2. The van der Waals surface area contributed by atoms with Crippen molar-refractivity contribution in [2.45, 2.75) is 96.5 Å². The van der Waals surface area contributed by atoms with Gasteiger partial charge in [0.15, 0.2) is 0 Å². The molecule has 20 heavy (non-hydrogen) atoms. The second kappa shape index (κ2) is 8.69. The summed E-state index contributed by atoms with van der Waals surface area (Å²) in [5, 5.41) is 0. The standard InChI is InChI=1S/C18H32O2/c1-2-3-5-8-15-11-13-16(14-12-15)18(19)20-17-9-6-4-7-10-17/h15-17H,2-14H2,1H3. The quantitative estimate of drug-likeness (QED) is 0.490. The van der Waals surface area contributed by atoms with Gasteiger partial charge in [-0.15, -0.1) is 0 Å². The second-order valence-corrected chi connectivity index (χ2v) is 6.91. The smallest absolute Gasteiger partial charge is 0.309 e. The highest BCUT2D eigenvalue weighted by Crippen LogP contribution is 2.33. The highest BCUT2D eigenvalue weighted by Gasteiger charge is 2.29. The molecule has 0 N–H and O–H groups in total. The van der Waals surface area contributed by atoms with Crippen molar-refractivity contribution >= 4 is 5.97 Å². The van der Waals surface area contributed by atoms with Gasteiger partial charge in [-0.2, -0.15) is 0 Å². The van der Waals surface area contributed by atoms with Crippen molar-refractivity contribution in [2.75, 3.05) is 0 Å². The molecule has 2 fully saturated rings. The third kappa shape index (κ3) is 5.10. The lowest BCUT2D eigenvalue weighted by Gasteiger charge is -2.29. The molecule has 116 valence electrons. The molecule has 0 atom stereocenters. The Morgan fingerprint density at radius 1 is 0.950 bits per heavy atom. The molecule has 2 aliphatic carbocycles. The van der Waals surface area contributed by atoms with E-state index in [4.69, 9.17) is 4.74 Å². The first-order valence-corrected chi connectivity index (χ1v) is 9.00. The van der Waals surface area contributed by atoms with Gasteiger partial charge >= 0.3 is 5.97 Å². The molecule has 2 aliphatic rings. The number of carbonyl (C=O) groups is 1. The van der Waals surface area contributed by atoms with Crippen LogP contribution >= 0.6 is 0 Å². The van der Waals surface area contributed by atoms with E-state index < -0.39 is 0 Å². The van der Waals surface area contributed by atoms with Crippen LogP contribution in [0.1, 0.15) is 90.4 Å². The van der Waals surface area contributed by atoms with E-state index in [1.165, 1.54) is 57.8 Å². The predicted molar refractivity (Wildman–Crippen MR) is 82.6 cm³/mol. The van der Waals surface area contributed by atoms with Crippen molar-refractivity contribution in [3.63, 3.8) is 0 Å². The van der Waals surface area contributed by atoms with Crippen LogP contribution in [0.4, 0.5) is 0 Å². The molecule has 0 aromatic rings. The maximum absolute atomic E-state index is 12.2. The van der Waals surface area contributed by atoms with Crippen LogP contribution < -0.4 is 0 Å². The summed E-state index contributed by atoms with van der Waals surface area (Å²) < 4.78 is 5.73. The summed E-state index contributed by atoms with van der Waals surface area (Å²) in [6.07, 6.45) is 16.3. The summed E-state index contributed by atoms with van der Waals surface area (Å²) in [5.41, 5.74) is 0. The molecule has 0 spiro atoms. The lowest BCUT2D eigenvalue weighted by Crippen LogP contribution is -2.28. The first-order valence-electron chi connectivity index (χ1n) is 9.00. The SMILES string of the molecule is CCCCCC1CCC(C(=O)OC2CCCCC2)CC1. The van der Waals surface area contributed by atoms with Crippen LogP contribution in [0, 0.1) is 11.8 Å². The summed E-state index contributed by atoms with van der Waals surface area (Å²) >= 11 is 0. The van der Waals surface area contributed by atoms with Crippen LogP contribution in [0.5, 0.6) is 0 Å². The second-order valence-electron chi connectivity index (χ2n) is 6.91. The van der Waals surface area contributed by atoms with Crippen LogP contribution in [-0.2, 0) is 9.53 Å². The Morgan fingerprint density at radius 3 is 2.30 bits per heavy atom. The maximum Gasteiger partial charge on any atom is 0.309 e. The van der Waals surface area contributed by atoms with Gasteiger partial charge in [-0.3, -0.25) is 4.79 Å². The number of esters is 1. The summed E-state index contributed by atoms with van der Waals surface area (Å²) in [5.74, 6) is 1.20. The minimum Gasteiger partial charge on any atom is -0.462 e. The number of hydrogen-bond donors (Lipinski definition) is 0. The fourth-order valence-electron chi connectivity index (χ4n) is 3.81. The number of hydrogen-bond acceptors (Lipinski definition) is 2. The van der Waals surface area contributed by atoms with Crippen molar-refractivity contribution in [1.29, 1.82) is 0 Å². The van der Waals surface area contributed by atoms with Crippen LogP contribution in [-0.4, -0.2) is 12.1 Å². The van der Waals surface area contributed by atoms with E-state index in [-0.39, 0.29) is 18.0 Å². The fraction of sp³-hybridized carbons (Fsp3) is 0.944. The molecule has 2 rings (SSSR count). The topological polar surface area (TPSA) is 26.3 Å². The zero-order valence-electron chi connectivity index (χ0n) is 13.2. The number of unbranched alkanes of at least 4 members (excludes halogenated alkanes) is 2. The molecule has 0 radical (unpaired) electrons. The van der Waals surface area contributed by atoms with E-state index in [9.17, 15) is 4.79 Å². The minimum absolute atomic E-state index is 0.115. The molecule has 0 aromatic heterocycles. The van der Waals surface area contributed by atoms with Crippen LogP contribution in [0.15, 0.2) is 0 Å². The normalized spacial score (nSPS) is 28.2. The van der Waals surface area contributed by atoms with Gasteiger partial charge in [0.1, 0.15) is 6.10 Å². The molecule has 0 bridgehead atoms. The van der Waals surface area contributed by atoms with Crippen LogP contribution in [0.2, 0.25) is 0 Å². The van der Waals surface area contributed by atoms with Crippen molar-refractivity contribution in [3.8, 4) is 0 Å². The Hall–Kier alpha value is -0.530. The van der Waals surface area contributed by atoms with Crippen molar-refractivity contribution in [2.24, 2.45) is 11.8 Å². The third-order valence-electron chi connectivity index (χ3n) is 5.23. The van der Waals surface area contributed by atoms with E-state index >= 15 is 0 Å². The molecule has 2 nitrogen and oxygen atoms in total. The third-order valence-corrected chi connectivity index (χ3v) is 5.23. The summed E-state index contributed by atoms with van der Waals surface area (Å²) in [6.45, 7) is 2.26. The van der Waals surface area contributed by atoms with Gasteiger partial charge in [0.25, 0.3) is 0 Å². The van der Waals surface area contributed by atoms with Gasteiger partial charge in [-0.1, -0.05) is 39.0 Å². The highest BCUT2D eigenvalue weighted by atomic mass is 16.5. The van der Waals surface area contributed by atoms with Gasteiger partial charge in [-0.25, -0.2) is 0 Å². The van der Waals surface area contributed by atoms with E-state index in [0.717, 1.165) is 31.6 Å². The first-order chi connectivity index (χ1) is 9.79. The predicted octanol–water partition coefficient (Wildman–Crippen LogP) is 5.25. The van der Waals surface area contributed by atoms with Crippen molar-refractivity contribution < 1.29 is 9.53 Å². The lowest BCUT2D eigenvalue weighted by atomic mass is 9.79. The number of carbonyl (C=O) groups excluding carboxylic acids is 1. The van der Waals surface area contributed by atoms with Gasteiger partial charge in [0.2, 0.25) is 0 Å². The summed E-state index contributed by atoms with van der Waals surface area (Å²) in [6, 6.07) is 0. The monoisotopic (exact) mass is 280 g/mol. The van der Waals surface area contributed by atoms with Crippen molar-refractivity contribution in [1.82, 2.24) is 0 Å². The molecule has 0 aliphatic heterocycles. The molecule has 0 heterocycles. The van der Waals surface area contributed by atoms with E-state index in [2.05, 4.69) is 6.92 Å². The molecular formula is C18H32O2. The van der Waals surface area contributed by atoms with Gasteiger partial charge in [0.05, 0.1) is 5.92 Å². The van der Waals surface area contributed by atoms with E-state index in [1.807, 2.05) is 0 Å². The molecule has 0 saturated heterocycles. The van der Waals surface area contributed by atoms with Crippen LogP contribution in [0.3, 0.4) is 0 Å². The van der Waals surface area contributed by atoms with E-state index in [1.54, 1.807) is 0 Å². The fourth-order valence-corrected chi connectivity index (χ4v) is 3.81.